The van der Waals surface area contributed by atoms with Crippen LogP contribution < -0.4 is 20.0 Å². The van der Waals surface area contributed by atoms with Crippen molar-refractivity contribution in [1.82, 2.24) is 15.3 Å². The minimum absolute atomic E-state index is 0.197. The Morgan fingerprint density at radius 3 is 2.50 bits per heavy atom. The Bertz CT molecular complexity index is 861. The van der Waals surface area contributed by atoms with Gasteiger partial charge in [0.1, 0.15) is 0 Å². The molecule has 3 heterocycles. The van der Waals surface area contributed by atoms with Gasteiger partial charge in [0.2, 0.25) is 5.95 Å². The summed E-state index contributed by atoms with van der Waals surface area (Å²) in [5.41, 5.74) is 3.06. The zero-order chi connectivity index (χ0) is 19.7. The SMILES string of the molecule is [2H]C1=C([2H])N(C2CCN(c3ncc(CNC)cn3)CC2)c2ccccc2N1C. The number of hydrogen-bond donors (Lipinski definition) is 1. The Labute approximate surface area is 158 Å². The van der Waals surface area contributed by atoms with Crippen molar-refractivity contribution >= 4 is 17.3 Å². The van der Waals surface area contributed by atoms with E-state index in [-0.39, 0.29) is 18.4 Å². The van der Waals surface area contributed by atoms with Crippen molar-refractivity contribution in [3.63, 3.8) is 0 Å². The highest BCUT2D eigenvalue weighted by atomic mass is 15.3. The highest BCUT2D eigenvalue weighted by Crippen LogP contribution is 2.35. The molecule has 26 heavy (non-hydrogen) atoms. The first-order valence-electron chi connectivity index (χ1n) is 10.1. The van der Waals surface area contributed by atoms with Gasteiger partial charge in [0.25, 0.3) is 0 Å². The number of piperidine rings is 1. The lowest BCUT2D eigenvalue weighted by molar-refractivity contribution is 0.484. The molecule has 0 bridgehead atoms. The average molecular weight is 352 g/mol. The molecule has 0 aliphatic carbocycles. The minimum atomic E-state index is 0.197. The molecule has 2 aliphatic heterocycles. The molecule has 0 spiro atoms. The first-order valence-corrected chi connectivity index (χ1v) is 9.10. The van der Waals surface area contributed by atoms with E-state index in [4.69, 9.17) is 2.74 Å². The molecule has 2 aliphatic rings. The summed E-state index contributed by atoms with van der Waals surface area (Å²) in [6.45, 7) is 2.44. The summed E-state index contributed by atoms with van der Waals surface area (Å²) < 4.78 is 16.9. The van der Waals surface area contributed by atoms with E-state index in [1.54, 1.807) is 4.90 Å². The number of anilines is 3. The first kappa shape index (κ1) is 14.6. The predicted octanol–water partition coefficient (Wildman–Crippen LogP) is 2.59. The van der Waals surface area contributed by atoms with Gasteiger partial charge in [-0.05, 0) is 32.0 Å². The maximum absolute atomic E-state index is 8.54. The lowest BCUT2D eigenvalue weighted by Gasteiger charge is -2.41. The molecular formula is C20H26N6. The number of benzene rings is 1. The summed E-state index contributed by atoms with van der Waals surface area (Å²) in [5.74, 6) is 0.764. The Morgan fingerprint density at radius 2 is 1.81 bits per heavy atom. The quantitative estimate of drug-likeness (QED) is 0.913. The van der Waals surface area contributed by atoms with Gasteiger partial charge in [0, 0.05) is 63.0 Å². The first-order chi connectivity index (χ1) is 13.6. The largest absolute Gasteiger partial charge is 0.348 e. The molecule has 6 nitrogen and oxygen atoms in total. The van der Waals surface area contributed by atoms with Crippen LogP contribution in [0.25, 0.3) is 0 Å². The highest BCUT2D eigenvalue weighted by Gasteiger charge is 2.28. The molecule has 6 heteroatoms. The molecule has 0 saturated carbocycles. The Hall–Kier alpha value is -2.60. The molecule has 0 amide bonds. The van der Waals surface area contributed by atoms with Gasteiger partial charge in [0.15, 0.2) is 0 Å². The molecular weight excluding hydrogens is 324 g/mol. The van der Waals surface area contributed by atoms with Gasteiger partial charge in [-0.25, -0.2) is 9.97 Å². The maximum Gasteiger partial charge on any atom is 0.225 e. The second-order valence-corrected chi connectivity index (χ2v) is 6.78. The maximum atomic E-state index is 8.54. The van der Waals surface area contributed by atoms with Crippen LogP contribution in [0.5, 0.6) is 0 Å². The van der Waals surface area contributed by atoms with Gasteiger partial charge in [-0.3, -0.25) is 0 Å². The summed E-state index contributed by atoms with van der Waals surface area (Å²) in [4.78, 5) is 15.0. The van der Waals surface area contributed by atoms with E-state index in [0.29, 0.717) is 0 Å². The van der Waals surface area contributed by atoms with Gasteiger partial charge >= 0.3 is 0 Å². The number of aromatic nitrogens is 2. The number of fused-ring (bicyclic) bond motifs is 1. The van der Waals surface area contributed by atoms with Crippen LogP contribution in [0.1, 0.15) is 21.1 Å². The molecule has 1 N–H and O–H groups in total. The van der Waals surface area contributed by atoms with Crippen LogP contribution in [0.4, 0.5) is 17.3 Å². The molecule has 0 radical (unpaired) electrons. The van der Waals surface area contributed by atoms with Gasteiger partial charge in [-0.15, -0.1) is 0 Å². The molecule has 0 unspecified atom stereocenters. The molecule has 0 atom stereocenters. The van der Waals surface area contributed by atoms with E-state index >= 15 is 0 Å². The van der Waals surface area contributed by atoms with Gasteiger partial charge in [-0.2, -0.15) is 0 Å². The molecule has 2 aromatic rings. The lowest BCUT2D eigenvalue weighted by Crippen LogP contribution is -2.44. The molecule has 1 fully saturated rings. The third kappa shape index (κ3) is 3.24. The van der Waals surface area contributed by atoms with Crippen LogP contribution in [0.15, 0.2) is 49.0 Å². The van der Waals surface area contributed by atoms with Crippen LogP contribution in [0.2, 0.25) is 0 Å². The van der Waals surface area contributed by atoms with E-state index < -0.39 is 0 Å². The average Bonchev–Trinajstić information content (AvgIpc) is 2.74. The van der Waals surface area contributed by atoms with Gasteiger partial charge in [-0.1, -0.05) is 12.1 Å². The van der Waals surface area contributed by atoms with Crippen LogP contribution in [0.3, 0.4) is 0 Å². The molecule has 136 valence electrons. The number of hydrogen-bond acceptors (Lipinski definition) is 6. The summed E-state index contributed by atoms with van der Waals surface area (Å²) in [6.07, 6.45) is 6.05. The van der Waals surface area contributed by atoms with Crippen molar-refractivity contribution in [2.45, 2.75) is 25.4 Å². The monoisotopic (exact) mass is 352 g/mol. The Morgan fingerprint density at radius 1 is 1.12 bits per heavy atom. The summed E-state index contributed by atoms with van der Waals surface area (Å²) in [5, 5.41) is 3.10. The molecule has 1 aromatic carbocycles. The van der Waals surface area contributed by atoms with Gasteiger partial charge < -0.3 is 20.0 Å². The number of rotatable bonds is 4. The third-order valence-corrected chi connectivity index (χ3v) is 5.03. The molecule has 1 saturated heterocycles. The van der Waals surface area contributed by atoms with Crippen molar-refractivity contribution in [2.24, 2.45) is 0 Å². The van der Waals surface area contributed by atoms with Crippen molar-refractivity contribution in [2.75, 3.05) is 41.9 Å². The number of para-hydroxylation sites is 2. The number of nitrogens with zero attached hydrogens (tertiary/aromatic N) is 5. The summed E-state index contributed by atoms with van der Waals surface area (Å²) in [7, 11) is 3.76. The zero-order valence-corrected chi connectivity index (χ0v) is 15.3. The molecule has 4 rings (SSSR count). The van der Waals surface area contributed by atoms with E-state index in [0.717, 1.165) is 55.4 Å². The fourth-order valence-electron chi connectivity index (χ4n) is 3.62. The fourth-order valence-corrected chi connectivity index (χ4v) is 3.62. The van der Waals surface area contributed by atoms with E-state index in [2.05, 4.69) is 20.2 Å². The second kappa shape index (κ2) is 7.33. The molecule has 1 aromatic heterocycles. The Kier molecular flexibility index (Phi) is 4.11. The van der Waals surface area contributed by atoms with Crippen LogP contribution in [-0.4, -0.2) is 43.2 Å². The normalized spacial score (nSPS) is 19.4. The standard InChI is InChI=1S/C20H26N6/c1-21-13-16-14-22-20(23-15-16)25-9-7-17(8-10-25)26-12-11-24(2)18-5-3-4-6-19(18)26/h3-6,11-12,14-15,17,21H,7-10,13H2,1-2H3/i11D,12D. The van der Waals surface area contributed by atoms with Crippen molar-refractivity contribution in [1.29, 1.82) is 0 Å². The summed E-state index contributed by atoms with van der Waals surface area (Å²) in [6, 6.07) is 8.23. The van der Waals surface area contributed by atoms with Crippen LogP contribution in [-0.2, 0) is 6.54 Å². The third-order valence-electron chi connectivity index (χ3n) is 5.03. The van der Waals surface area contributed by atoms with E-state index in [1.807, 2.05) is 55.7 Å². The van der Waals surface area contributed by atoms with Crippen LogP contribution in [0, 0.1) is 0 Å². The predicted molar refractivity (Wildman–Crippen MR) is 106 cm³/mol. The lowest BCUT2D eigenvalue weighted by atomic mass is 10.0. The highest BCUT2D eigenvalue weighted by molar-refractivity contribution is 5.76. The van der Waals surface area contributed by atoms with Crippen molar-refractivity contribution in [3.8, 4) is 0 Å². The fraction of sp³-hybridized carbons (Fsp3) is 0.400. The second-order valence-electron chi connectivity index (χ2n) is 6.78. The van der Waals surface area contributed by atoms with Gasteiger partial charge in [0.05, 0.1) is 14.1 Å². The minimum Gasteiger partial charge on any atom is -0.348 e. The Balaban J connectivity index is 1.50. The van der Waals surface area contributed by atoms with E-state index in [9.17, 15) is 0 Å². The zero-order valence-electron chi connectivity index (χ0n) is 17.3. The van der Waals surface area contributed by atoms with Crippen molar-refractivity contribution in [3.05, 3.63) is 54.6 Å². The van der Waals surface area contributed by atoms with Crippen LogP contribution >= 0.6 is 0 Å². The smallest absolute Gasteiger partial charge is 0.225 e. The number of nitrogens with one attached hydrogen (secondary N) is 1. The van der Waals surface area contributed by atoms with E-state index in [1.165, 1.54) is 0 Å². The summed E-state index contributed by atoms with van der Waals surface area (Å²) >= 11 is 0. The van der Waals surface area contributed by atoms with Crippen molar-refractivity contribution < 1.29 is 2.74 Å². The topological polar surface area (TPSA) is 47.5 Å².